The molecule has 0 bridgehead atoms. The van der Waals surface area contributed by atoms with Crippen LogP contribution >= 0.6 is 12.6 Å². The molecule has 0 rings (SSSR count). The highest BCUT2D eigenvalue weighted by Crippen LogP contribution is 1.88. The fraction of sp³-hybridized carbons (Fsp3) is 0.500. The van der Waals surface area contributed by atoms with Gasteiger partial charge in [-0.15, -0.1) is 0 Å². The molecule has 2 heteroatoms. The first-order valence-corrected chi connectivity index (χ1v) is 2.26. The minimum Gasteiger partial charge on any atom is -0.303 e. The Kier molecular flexibility index (Phi) is 3.23. The average Bonchev–Trinajstić information content (AvgIpc) is 1.65. The minimum absolute atomic E-state index is 0.381. The Morgan fingerprint density at radius 1 is 2.00 bits per heavy atom. The average molecular weight is 102 g/mol. The molecule has 2 radical (unpaired) electrons. The van der Waals surface area contributed by atoms with Crippen LogP contribution in [0, 0.1) is 12.8 Å². The summed E-state index contributed by atoms with van der Waals surface area (Å²) in [5.74, 6) is 0.0529. The molecular formula is C4H6OS. The van der Waals surface area contributed by atoms with Crippen molar-refractivity contribution >= 4 is 18.9 Å². The lowest BCUT2D eigenvalue weighted by molar-refractivity contribution is -0.109. The minimum atomic E-state index is -0.381. The second-order valence-corrected chi connectivity index (χ2v) is 1.35. The first-order chi connectivity index (χ1) is 2.81. The van der Waals surface area contributed by atoms with Crippen LogP contribution in [-0.2, 0) is 4.79 Å². The van der Waals surface area contributed by atoms with Gasteiger partial charge in [0.15, 0.2) is 0 Å². The molecule has 1 unspecified atom stereocenters. The van der Waals surface area contributed by atoms with Crippen LogP contribution in [-0.4, -0.2) is 12.0 Å². The van der Waals surface area contributed by atoms with Crippen LogP contribution in [0.1, 0.15) is 0 Å². The van der Waals surface area contributed by atoms with Crippen LogP contribution in [0.3, 0.4) is 0 Å². The summed E-state index contributed by atoms with van der Waals surface area (Å²) in [4.78, 5) is 9.56. The maximum Gasteiger partial charge on any atom is 0.124 e. The molecule has 0 saturated carbocycles. The summed E-state index contributed by atoms with van der Waals surface area (Å²) in [6.07, 6.45) is 0.674. The van der Waals surface area contributed by atoms with Gasteiger partial charge in [-0.2, -0.15) is 12.6 Å². The van der Waals surface area contributed by atoms with E-state index in [1.54, 1.807) is 0 Å². The lowest BCUT2D eigenvalue weighted by Gasteiger charge is -1.88. The van der Waals surface area contributed by atoms with E-state index >= 15 is 0 Å². The van der Waals surface area contributed by atoms with E-state index in [0.717, 1.165) is 0 Å². The third-order valence-corrected chi connectivity index (χ3v) is 0.807. The molecule has 0 fully saturated rings. The third kappa shape index (κ3) is 2.27. The first-order valence-electron chi connectivity index (χ1n) is 1.63. The molecule has 0 aliphatic rings. The molecule has 1 nitrogen and oxygen atoms in total. The summed E-state index contributed by atoms with van der Waals surface area (Å²) >= 11 is 3.74. The maximum absolute atomic E-state index is 9.56. The lowest BCUT2D eigenvalue weighted by Crippen LogP contribution is -1.95. The van der Waals surface area contributed by atoms with Gasteiger partial charge in [0.2, 0.25) is 0 Å². The van der Waals surface area contributed by atoms with Crippen LogP contribution in [0.5, 0.6) is 0 Å². The van der Waals surface area contributed by atoms with E-state index in [2.05, 4.69) is 12.6 Å². The predicted octanol–water partition coefficient (Wildman–Crippen LogP) is 0.442. The zero-order valence-electron chi connectivity index (χ0n) is 3.29. The van der Waals surface area contributed by atoms with E-state index in [-0.39, 0.29) is 5.92 Å². The largest absolute Gasteiger partial charge is 0.303 e. The van der Waals surface area contributed by atoms with Gasteiger partial charge in [0.1, 0.15) is 6.29 Å². The molecule has 0 aromatic carbocycles. The molecule has 0 aromatic rings. The van der Waals surface area contributed by atoms with Gasteiger partial charge in [-0.25, -0.2) is 0 Å². The lowest BCUT2D eigenvalue weighted by atomic mass is 10.3. The number of hydrogen-bond acceptors (Lipinski definition) is 2. The molecule has 0 heterocycles. The van der Waals surface area contributed by atoms with Gasteiger partial charge in [-0.3, -0.25) is 0 Å². The second kappa shape index (κ2) is 3.22. The highest BCUT2D eigenvalue weighted by Gasteiger charge is 1.90. The van der Waals surface area contributed by atoms with Crippen LogP contribution in [0.15, 0.2) is 0 Å². The van der Waals surface area contributed by atoms with Crippen LogP contribution in [0.4, 0.5) is 0 Å². The normalized spacial score (nSPS) is 13.7. The SMILES string of the molecule is [CH]C(C=O)CS. The molecule has 0 aromatic heterocycles. The van der Waals surface area contributed by atoms with Crippen molar-refractivity contribution in [3.05, 3.63) is 6.92 Å². The summed E-state index contributed by atoms with van der Waals surface area (Å²) in [5.41, 5.74) is 0. The second-order valence-electron chi connectivity index (χ2n) is 0.983. The van der Waals surface area contributed by atoms with Crippen molar-refractivity contribution in [3.63, 3.8) is 0 Å². The Hall–Kier alpha value is 0.0200. The van der Waals surface area contributed by atoms with Gasteiger partial charge in [-0.1, -0.05) is 0 Å². The summed E-state index contributed by atoms with van der Waals surface area (Å²) in [7, 11) is 0. The first kappa shape index (κ1) is 6.02. The third-order valence-electron chi connectivity index (χ3n) is 0.386. The quantitative estimate of drug-likeness (QED) is 0.395. The van der Waals surface area contributed by atoms with Gasteiger partial charge in [0.05, 0.1) is 0 Å². The van der Waals surface area contributed by atoms with Crippen LogP contribution < -0.4 is 0 Å². The summed E-state index contributed by atoms with van der Waals surface area (Å²) in [6, 6.07) is 0. The Bertz CT molecular complexity index is 44.8. The fourth-order valence-corrected chi connectivity index (χ4v) is 0.129. The number of aldehydes is 1. The van der Waals surface area contributed by atoms with E-state index in [4.69, 9.17) is 6.92 Å². The number of rotatable bonds is 2. The van der Waals surface area contributed by atoms with Crippen LogP contribution in [0.25, 0.3) is 0 Å². The zero-order valence-corrected chi connectivity index (χ0v) is 4.19. The van der Waals surface area contributed by atoms with Crippen LogP contribution in [0.2, 0.25) is 0 Å². The number of carbonyl (C=O) groups excluding carboxylic acids is 1. The van der Waals surface area contributed by atoms with Gasteiger partial charge in [-0.05, 0) is 12.7 Å². The molecule has 0 saturated heterocycles. The highest BCUT2D eigenvalue weighted by atomic mass is 32.1. The number of thiol groups is 1. The van der Waals surface area contributed by atoms with Crippen molar-refractivity contribution in [2.45, 2.75) is 0 Å². The van der Waals surface area contributed by atoms with Crippen molar-refractivity contribution in [1.29, 1.82) is 0 Å². The van der Waals surface area contributed by atoms with E-state index in [9.17, 15) is 4.79 Å². The van der Waals surface area contributed by atoms with Crippen molar-refractivity contribution < 1.29 is 4.79 Å². The van der Waals surface area contributed by atoms with E-state index in [0.29, 0.717) is 12.0 Å². The molecular weight excluding hydrogens is 96.1 g/mol. The van der Waals surface area contributed by atoms with Gasteiger partial charge >= 0.3 is 0 Å². The Morgan fingerprint density at radius 3 is 2.50 bits per heavy atom. The summed E-state index contributed by atoms with van der Waals surface area (Å²) in [5, 5.41) is 0. The Morgan fingerprint density at radius 2 is 2.50 bits per heavy atom. The topological polar surface area (TPSA) is 17.1 Å². The fourth-order valence-electron chi connectivity index (χ4n) is 0.0430. The van der Waals surface area contributed by atoms with Gasteiger partial charge in [0.25, 0.3) is 0 Å². The summed E-state index contributed by atoms with van der Waals surface area (Å²) < 4.78 is 0. The van der Waals surface area contributed by atoms with E-state index < -0.39 is 0 Å². The molecule has 0 spiro atoms. The van der Waals surface area contributed by atoms with Gasteiger partial charge < -0.3 is 4.79 Å². The molecule has 0 N–H and O–H groups in total. The van der Waals surface area contributed by atoms with Gasteiger partial charge in [0, 0.05) is 5.92 Å². The Balaban J connectivity index is 2.96. The monoisotopic (exact) mass is 102 g/mol. The van der Waals surface area contributed by atoms with E-state index in [1.165, 1.54) is 0 Å². The van der Waals surface area contributed by atoms with Crippen molar-refractivity contribution in [2.75, 3.05) is 5.75 Å². The maximum atomic E-state index is 9.56. The van der Waals surface area contributed by atoms with Crippen molar-refractivity contribution in [2.24, 2.45) is 5.92 Å². The molecule has 0 amide bonds. The van der Waals surface area contributed by atoms with Crippen molar-refractivity contribution in [1.82, 2.24) is 0 Å². The van der Waals surface area contributed by atoms with Crippen molar-refractivity contribution in [3.8, 4) is 0 Å². The predicted molar refractivity (Wildman–Crippen MR) is 27.7 cm³/mol. The molecule has 34 valence electrons. The summed E-state index contributed by atoms with van der Waals surface area (Å²) in [6.45, 7) is 5.03. The standard InChI is InChI=1S/C4H6OS/c1-4(2-5)3-6/h1-2,4,6H,3H2. The molecule has 0 aliphatic heterocycles. The number of carbonyl (C=O) groups is 1. The zero-order chi connectivity index (χ0) is 4.99. The molecule has 6 heavy (non-hydrogen) atoms. The highest BCUT2D eigenvalue weighted by molar-refractivity contribution is 7.80. The molecule has 0 aliphatic carbocycles. The van der Waals surface area contributed by atoms with E-state index in [1.807, 2.05) is 0 Å². The molecule has 1 atom stereocenters. The Labute approximate surface area is 43.2 Å². The number of hydrogen-bond donors (Lipinski definition) is 1. The smallest absolute Gasteiger partial charge is 0.124 e.